The number of rotatable bonds is 34. The van der Waals surface area contributed by atoms with Crippen molar-refractivity contribution in [3.8, 4) is 0 Å². The molecule has 0 rings (SSSR count). The number of carbonyl (C=O) groups excluding carboxylic acids is 2. The molecule has 3 N–H and O–H groups in total. The molecule has 0 saturated carbocycles. The largest absolute Gasteiger partial charge is 0.472 e. The third-order valence-corrected chi connectivity index (χ3v) is 8.39. The van der Waals surface area contributed by atoms with Crippen molar-refractivity contribution >= 4 is 19.7 Å². The second-order valence-corrected chi connectivity index (χ2v) is 13.6. The first kappa shape index (κ1) is 47.4. The summed E-state index contributed by atoms with van der Waals surface area (Å²) in [4.78, 5) is 33.6. The molecule has 50 heavy (non-hydrogen) atoms. The summed E-state index contributed by atoms with van der Waals surface area (Å²) in [5.74, 6) is -0.572. The minimum absolute atomic E-state index is 0.0734. The zero-order chi connectivity index (χ0) is 36.8. The number of amides is 1. The third kappa shape index (κ3) is 36.7. The predicted molar refractivity (Wildman–Crippen MR) is 206 cm³/mol. The van der Waals surface area contributed by atoms with Crippen molar-refractivity contribution in [1.29, 1.82) is 0 Å². The number of carbonyl (C=O) groups is 2. The summed E-state index contributed by atoms with van der Waals surface area (Å²) in [6, 6.07) is 0. The quantitative estimate of drug-likeness (QED) is 0.0259. The molecule has 1 amide bonds. The Balaban J connectivity index is 3.74. The number of phosphoric ester groups is 1. The van der Waals surface area contributed by atoms with Crippen molar-refractivity contribution in [2.75, 3.05) is 26.4 Å². The SMILES string of the molecule is CC/C=C\C/C=C\C/C=C\C/C=C\C/C=C\C/C=C\CCCCC(=O)OCC(O)COP(=O)(O)OCCNC(=O)CCCCCCCCCC. The lowest BCUT2D eigenvalue weighted by Gasteiger charge is -2.15. The summed E-state index contributed by atoms with van der Waals surface area (Å²) >= 11 is 0. The van der Waals surface area contributed by atoms with E-state index in [1.54, 1.807) is 0 Å². The second kappa shape index (κ2) is 36.2. The molecule has 2 atom stereocenters. The Labute approximate surface area is 303 Å². The maximum Gasteiger partial charge on any atom is 0.472 e. The van der Waals surface area contributed by atoms with E-state index in [-0.39, 0.29) is 32.1 Å². The number of hydrogen-bond acceptors (Lipinski definition) is 7. The molecule has 9 nitrogen and oxygen atoms in total. The van der Waals surface area contributed by atoms with Gasteiger partial charge in [-0.25, -0.2) is 4.57 Å². The van der Waals surface area contributed by atoms with Gasteiger partial charge in [-0.3, -0.25) is 18.6 Å². The van der Waals surface area contributed by atoms with Gasteiger partial charge in [0.15, 0.2) is 0 Å². The Morgan fingerprint density at radius 1 is 0.640 bits per heavy atom. The molecule has 0 radical (unpaired) electrons. The molecule has 2 unspecified atom stereocenters. The van der Waals surface area contributed by atoms with Crippen LogP contribution in [0.5, 0.6) is 0 Å². The van der Waals surface area contributed by atoms with E-state index >= 15 is 0 Å². The number of allylic oxidation sites excluding steroid dienone is 12. The number of ether oxygens (including phenoxy) is 1. The van der Waals surface area contributed by atoms with E-state index < -0.39 is 26.5 Å². The standard InChI is InChI=1S/C40H68NO8P/c1-3-5-7-9-11-13-14-15-16-17-18-19-20-21-22-23-24-25-27-29-31-33-40(44)47-36-38(42)37-49-50(45,46)48-35-34-41-39(43)32-30-28-26-12-10-8-6-4-2/h5,7,11,13,15-16,18-19,21-22,24-25,38,42H,3-4,6,8-10,12,14,17,20,23,26-37H2,1-2H3,(H,41,43)(H,45,46)/b7-5-,13-11-,16-15-,19-18-,22-21-,25-24-. The smallest absolute Gasteiger partial charge is 0.463 e. The molecule has 0 aliphatic carbocycles. The average Bonchev–Trinajstić information content (AvgIpc) is 3.10. The molecule has 0 spiro atoms. The molecule has 0 aliphatic rings. The molecule has 0 aliphatic heterocycles. The minimum atomic E-state index is -4.42. The van der Waals surface area contributed by atoms with Gasteiger partial charge in [0, 0.05) is 19.4 Å². The van der Waals surface area contributed by atoms with Gasteiger partial charge in [0.1, 0.15) is 12.7 Å². The van der Waals surface area contributed by atoms with E-state index in [1.807, 2.05) is 0 Å². The van der Waals surface area contributed by atoms with Gasteiger partial charge < -0.3 is 20.1 Å². The highest BCUT2D eigenvalue weighted by molar-refractivity contribution is 7.47. The monoisotopic (exact) mass is 721 g/mol. The summed E-state index contributed by atoms with van der Waals surface area (Å²) < 4.78 is 26.7. The fourth-order valence-corrected chi connectivity index (χ4v) is 5.31. The zero-order valence-electron chi connectivity index (χ0n) is 31.1. The molecule has 10 heteroatoms. The lowest BCUT2D eigenvalue weighted by atomic mass is 10.1. The number of unbranched alkanes of at least 4 members (excludes halogenated alkanes) is 9. The van der Waals surface area contributed by atoms with Crippen LogP contribution in [0.2, 0.25) is 0 Å². The van der Waals surface area contributed by atoms with Crippen LogP contribution in [0, 0.1) is 0 Å². The van der Waals surface area contributed by atoms with Crippen LogP contribution in [-0.4, -0.2) is 54.3 Å². The highest BCUT2D eigenvalue weighted by Gasteiger charge is 2.23. The van der Waals surface area contributed by atoms with Crippen LogP contribution in [0.3, 0.4) is 0 Å². The Bertz CT molecular complexity index is 1050. The molecule has 0 aromatic rings. The molecule has 0 heterocycles. The third-order valence-electron chi connectivity index (χ3n) is 7.40. The Kier molecular flexibility index (Phi) is 34.4. The molecule has 0 aromatic heterocycles. The predicted octanol–water partition coefficient (Wildman–Crippen LogP) is 9.93. The van der Waals surface area contributed by atoms with Crippen molar-refractivity contribution in [1.82, 2.24) is 5.32 Å². The number of esters is 1. The van der Waals surface area contributed by atoms with E-state index in [4.69, 9.17) is 13.8 Å². The number of phosphoric acid groups is 1. The van der Waals surface area contributed by atoms with Crippen molar-refractivity contribution < 1.29 is 37.9 Å². The van der Waals surface area contributed by atoms with Crippen LogP contribution in [0.1, 0.15) is 136 Å². The van der Waals surface area contributed by atoms with Crippen LogP contribution in [0.4, 0.5) is 0 Å². The maximum absolute atomic E-state index is 12.0. The van der Waals surface area contributed by atoms with Crippen LogP contribution in [0.15, 0.2) is 72.9 Å². The van der Waals surface area contributed by atoms with Gasteiger partial charge in [-0.05, 0) is 64.2 Å². The van der Waals surface area contributed by atoms with Crippen molar-refractivity contribution in [2.24, 2.45) is 0 Å². The minimum Gasteiger partial charge on any atom is -0.463 e. The fourth-order valence-electron chi connectivity index (χ4n) is 4.56. The van der Waals surface area contributed by atoms with E-state index in [0.717, 1.165) is 70.6 Å². The lowest BCUT2D eigenvalue weighted by Crippen LogP contribution is -2.27. The van der Waals surface area contributed by atoms with E-state index in [2.05, 4.69) is 92.1 Å². The van der Waals surface area contributed by atoms with Gasteiger partial charge in [0.25, 0.3) is 0 Å². The van der Waals surface area contributed by atoms with Gasteiger partial charge >= 0.3 is 13.8 Å². The van der Waals surface area contributed by atoms with E-state index in [1.165, 1.54) is 32.1 Å². The number of nitrogens with one attached hydrogen (secondary N) is 1. The van der Waals surface area contributed by atoms with Gasteiger partial charge in [-0.1, -0.05) is 132 Å². The van der Waals surface area contributed by atoms with Gasteiger partial charge in [0.05, 0.1) is 13.2 Å². The molecule has 0 saturated heterocycles. The zero-order valence-corrected chi connectivity index (χ0v) is 32.0. The van der Waals surface area contributed by atoms with Crippen LogP contribution >= 0.6 is 7.82 Å². The van der Waals surface area contributed by atoms with Crippen molar-refractivity contribution in [2.45, 2.75) is 142 Å². The molecular formula is C40H68NO8P. The summed E-state index contributed by atoms with van der Waals surface area (Å²) in [7, 11) is -4.42. The summed E-state index contributed by atoms with van der Waals surface area (Å²) in [5.41, 5.74) is 0. The first-order chi connectivity index (χ1) is 24.3. The van der Waals surface area contributed by atoms with Crippen LogP contribution in [-0.2, 0) is 27.9 Å². The Hall–Kier alpha value is -2.55. The Morgan fingerprint density at radius 2 is 1.14 bits per heavy atom. The van der Waals surface area contributed by atoms with Crippen LogP contribution < -0.4 is 5.32 Å². The van der Waals surface area contributed by atoms with Gasteiger partial charge in [-0.15, -0.1) is 0 Å². The number of aliphatic hydroxyl groups excluding tert-OH is 1. The van der Waals surface area contributed by atoms with Gasteiger partial charge in [-0.2, -0.15) is 0 Å². The van der Waals surface area contributed by atoms with Crippen molar-refractivity contribution in [3.63, 3.8) is 0 Å². The summed E-state index contributed by atoms with van der Waals surface area (Å²) in [5, 5.41) is 12.6. The molecular weight excluding hydrogens is 653 g/mol. The Morgan fingerprint density at radius 3 is 1.70 bits per heavy atom. The first-order valence-electron chi connectivity index (χ1n) is 18.9. The first-order valence-corrected chi connectivity index (χ1v) is 20.4. The maximum atomic E-state index is 12.0. The second-order valence-electron chi connectivity index (χ2n) is 12.2. The van der Waals surface area contributed by atoms with E-state index in [9.17, 15) is 24.2 Å². The number of hydrogen-bond donors (Lipinski definition) is 3. The highest BCUT2D eigenvalue weighted by Crippen LogP contribution is 2.42. The van der Waals surface area contributed by atoms with Crippen LogP contribution in [0.25, 0.3) is 0 Å². The lowest BCUT2D eigenvalue weighted by molar-refractivity contribution is -0.147. The molecule has 286 valence electrons. The van der Waals surface area contributed by atoms with Gasteiger partial charge in [0.2, 0.25) is 5.91 Å². The topological polar surface area (TPSA) is 131 Å². The molecule has 0 aromatic carbocycles. The normalized spacial score (nSPS) is 14.2. The van der Waals surface area contributed by atoms with Crippen molar-refractivity contribution in [3.05, 3.63) is 72.9 Å². The number of aliphatic hydroxyl groups is 1. The van der Waals surface area contributed by atoms with E-state index in [0.29, 0.717) is 12.8 Å². The summed E-state index contributed by atoms with van der Waals surface area (Å²) in [6.07, 6.45) is 42.7. The highest BCUT2D eigenvalue weighted by atomic mass is 31.2. The average molecular weight is 722 g/mol. The molecule has 0 bridgehead atoms. The summed E-state index contributed by atoms with van der Waals surface area (Å²) in [6.45, 7) is 3.32. The molecule has 0 fully saturated rings. The fraction of sp³-hybridized carbons (Fsp3) is 0.650.